The van der Waals surface area contributed by atoms with E-state index in [1.165, 1.54) is 6.20 Å². The molecule has 0 unspecified atom stereocenters. The lowest BCUT2D eigenvalue weighted by molar-refractivity contribution is 0.0824. The number of ether oxygens (including phenoxy) is 1. The van der Waals surface area contributed by atoms with E-state index < -0.39 is 0 Å². The van der Waals surface area contributed by atoms with Gasteiger partial charge in [0.15, 0.2) is 5.69 Å². The summed E-state index contributed by atoms with van der Waals surface area (Å²) in [4.78, 5) is 11.7. The predicted octanol–water partition coefficient (Wildman–Crippen LogP) is 1.58. The number of benzene rings is 1. The monoisotopic (exact) mass is 280 g/mol. The molecular weight excluding hydrogens is 268 g/mol. The number of amides is 1. The Bertz CT molecular complexity index is 544. The van der Waals surface area contributed by atoms with Gasteiger partial charge >= 0.3 is 0 Å². The first-order valence-corrected chi connectivity index (χ1v) is 6.00. The zero-order chi connectivity index (χ0) is 13.7. The first-order valence-electron chi connectivity index (χ1n) is 5.63. The van der Waals surface area contributed by atoms with Gasteiger partial charge in [-0.15, -0.1) is 0 Å². The van der Waals surface area contributed by atoms with Crippen molar-refractivity contribution in [1.82, 2.24) is 20.7 Å². The van der Waals surface area contributed by atoms with E-state index in [9.17, 15) is 4.79 Å². The van der Waals surface area contributed by atoms with Gasteiger partial charge in [-0.3, -0.25) is 4.79 Å². The van der Waals surface area contributed by atoms with Gasteiger partial charge < -0.3 is 10.1 Å². The fraction of sp³-hybridized carbons (Fsp3) is 0.250. The summed E-state index contributed by atoms with van der Waals surface area (Å²) in [6.45, 7) is 0.322. The lowest BCUT2D eigenvalue weighted by atomic mass is 10.1. The van der Waals surface area contributed by atoms with E-state index in [4.69, 9.17) is 16.3 Å². The molecule has 1 atom stereocenters. The van der Waals surface area contributed by atoms with Gasteiger partial charge in [0.1, 0.15) is 0 Å². The summed E-state index contributed by atoms with van der Waals surface area (Å²) < 4.78 is 5.34. The molecule has 1 aromatic heterocycles. The molecule has 0 fully saturated rings. The summed E-state index contributed by atoms with van der Waals surface area (Å²) in [7, 11) is 1.58. The van der Waals surface area contributed by atoms with Crippen molar-refractivity contribution in [2.24, 2.45) is 0 Å². The quantitative estimate of drug-likeness (QED) is 0.871. The van der Waals surface area contributed by atoms with E-state index in [1.807, 2.05) is 12.1 Å². The summed E-state index contributed by atoms with van der Waals surface area (Å²) in [5, 5.41) is 13.0. The van der Waals surface area contributed by atoms with Crippen LogP contribution in [0, 0.1) is 0 Å². The fourth-order valence-electron chi connectivity index (χ4n) is 1.63. The Kier molecular flexibility index (Phi) is 4.48. The molecule has 1 heterocycles. The molecule has 0 aliphatic carbocycles. The molecule has 0 radical (unpaired) electrons. The molecule has 0 saturated carbocycles. The molecule has 2 rings (SSSR count). The molecule has 0 aliphatic heterocycles. The van der Waals surface area contributed by atoms with Crippen molar-refractivity contribution in [2.45, 2.75) is 6.10 Å². The van der Waals surface area contributed by atoms with Gasteiger partial charge in [-0.1, -0.05) is 23.7 Å². The first-order chi connectivity index (χ1) is 9.20. The summed E-state index contributed by atoms with van der Waals surface area (Å²) in [5.74, 6) is -0.308. The van der Waals surface area contributed by atoms with Crippen LogP contribution in [0.1, 0.15) is 22.2 Å². The second kappa shape index (κ2) is 6.31. The standard InChI is InChI=1S/C12H13ClN4O2/c1-19-11(8-3-2-4-9(13)5-8)7-14-12(18)10-6-15-17-16-10/h2-6,11H,7H2,1H3,(H,14,18)(H,15,16,17)/t11-/m0/s1. The Morgan fingerprint density at radius 2 is 2.42 bits per heavy atom. The summed E-state index contributed by atoms with van der Waals surface area (Å²) in [5.41, 5.74) is 1.14. The van der Waals surface area contributed by atoms with Crippen LogP contribution in [0.15, 0.2) is 30.5 Å². The second-order valence-corrected chi connectivity index (χ2v) is 4.28. The number of carbonyl (C=O) groups excluding carboxylic acids is 1. The molecular formula is C12H13ClN4O2. The van der Waals surface area contributed by atoms with Crippen molar-refractivity contribution < 1.29 is 9.53 Å². The lowest BCUT2D eigenvalue weighted by Gasteiger charge is -2.16. The highest BCUT2D eigenvalue weighted by molar-refractivity contribution is 6.30. The zero-order valence-corrected chi connectivity index (χ0v) is 11.0. The normalized spacial score (nSPS) is 12.1. The van der Waals surface area contributed by atoms with Crippen LogP contribution in [0.25, 0.3) is 0 Å². The maximum absolute atomic E-state index is 11.7. The maximum atomic E-state index is 11.7. The van der Waals surface area contributed by atoms with Gasteiger partial charge in [0.2, 0.25) is 0 Å². The largest absolute Gasteiger partial charge is 0.375 e. The average molecular weight is 281 g/mol. The third-order valence-corrected chi connectivity index (χ3v) is 2.84. The number of aromatic nitrogens is 3. The Morgan fingerprint density at radius 3 is 3.05 bits per heavy atom. The molecule has 1 aromatic carbocycles. The number of carbonyl (C=O) groups is 1. The molecule has 1 amide bonds. The van der Waals surface area contributed by atoms with Gasteiger partial charge in [-0.25, -0.2) is 0 Å². The van der Waals surface area contributed by atoms with Crippen LogP contribution in [0.3, 0.4) is 0 Å². The van der Waals surface area contributed by atoms with Gasteiger partial charge in [0.05, 0.1) is 12.3 Å². The van der Waals surface area contributed by atoms with Gasteiger partial charge in [0.25, 0.3) is 5.91 Å². The topological polar surface area (TPSA) is 79.9 Å². The molecule has 0 aliphatic rings. The van der Waals surface area contributed by atoms with Crippen LogP contribution in [0.4, 0.5) is 0 Å². The number of methoxy groups -OCH3 is 1. The minimum Gasteiger partial charge on any atom is -0.375 e. The molecule has 2 N–H and O–H groups in total. The van der Waals surface area contributed by atoms with Crippen molar-refractivity contribution in [3.05, 3.63) is 46.7 Å². The minimum atomic E-state index is -0.308. The number of hydrogen-bond donors (Lipinski definition) is 2. The van der Waals surface area contributed by atoms with E-state index in [2.05, 4.69) is 20.7 Å². The van der Waals surface area contributed by atoms with Crippen LogP contribution in [-0.4, -0.2) is 35.0 Å². The van der Waals surface area contributed by atoms with E-state index in [0.29, 0.717) is 11.6 Å². The molecule has 0 bridgehead atoms. The van der Waals surface area contributed by atoms with E-state index in [1.54, 1.807) is 19.2 Å². The Labute approximate surface area is 115 Å². The first kappa shape index (κ1) is 13.5. The van der Waals surface area contributed by atoms with Gasteiger partial charge in [-0.2, -0.15) is 15.4 Å². The highest BCUT2D eigenvalue weighted by Gasteiger charge is 2.14. The Morgan fingerprint density at radius 1 is 1.58 bits per heavy atom. The highest BCUT2D eigenvalue weighted by Crippen LogP contribution is 2.19. The summed E-state index contributed by atoms with van der Waals surface area (Å²) in [6.07, 6.45) is 1.09. The van der Waals surface area contributed by atoms with Crippen LogP contribution in [0.5, 0.6) is 0 Å². The molecule has 0 saturated heterocycles. The molecule has 6 nitrogen and oxygen atoms in total. The number of H-pyrrole nitrogens is 1. The number of nitrogens with zero attached hydrogens (tertiary/aromatic N) is 2. The number of halogens is 1. The highest BCUT2D eigenvalue weighted by atomic mass is 35.5. The van der Waals surface area contributed by atoms with E-state index in [0.717, 1.165) is 5.56 Å². The number of nitrogens with one attached hydrogen (secondary N) is 2. The minimum absolute atomic E-state index is 0.237. The van der Waals surface area contributed by atoms with Gasteiger partial charge in [0, 0.05) is 18.7 Å². The van der Waals surface area contributed by atoms with Crippen molar-refractivity contribution in [3.8, 4) is 0 Å². The van der Waals surface area contributed by atoms with Crippen LogP contribution in [-0.2, 0) is 4.74 Å². The van der Waals surface area contributed by atoms with Crippen molar-refractivity contribution in [1.29, 1.82) is 0 Å². The van der Waals surface area contributed by atoms with Gasteiger partial charge in [-0.05, 0) is 17.7 Å². The van der Waals surface area contributed by atoms with Crippen molar-refractivity contribution in [2.75, 3.05) is 13.7 Å². The molecule has 0 spiro atoms. The van der Waals surface area contributed by atoms with Crippen LogP contribution in [0.2, 0.25) is 5.02 Å². The number of rotatable bonds is 5. The summed E-state index contributed by atoms with van der Waals surface area (Å²) >= 11 is 5.92. The second-order valence-electron chi connectivity index (χ2n) is 3.84. The summed E-state index contributed by atoms with van der Waals surface area (Å²) in [6, 6.07) is 7.31. The van der Waals surface area contributed by atoms with Crippen molar-refractivity contribution >= 4 is 17.5 Å². The average Bonchev–Trinajstić information content (AvgIpc) is 2.93. The van der Waals surface area contributed by atoms with Crippen LogP contribution < -0.4 is 5.32 Å². The van der Waals surface area contributed by atoms with E-state index in [-0.39, 0.29) is 17.7 Å². The Hall–Kier alpha value is -1.92. The third-order valence-electron chi connectivity index (χ3n) is 2.60. The van der Waals surface area contributed by atoms with Crippen LogP contribution >= 0.6 is 11.6 Å². The lowest BCUT2D eigenvalue weighted by Crippen LogP contribution is -2.29. The Balaban J connectivity index is 1.98. The smallest absolute Gasteiger partial charge is 0.273 e. The molecule has 19 heavy (non-hydrogen) atoms. The fourth-order valence-corrected chi connectivity index (χ4v) is 1.83. The number of hydrogen-bond acceptors (Lipinski definition) is 4. The zero-order valence-electron chi connectivity index (χ0n) is 10.3. The SMILES string of the molecule is CO[C@@H](CNC(=O)c1cn[nH]n1)c1cccc(Cl)c1. The predicted molar refractivity (Wildman–Crippen MR) is 69.9 cm³/mol. The molecule has 2 aromatic rings. The third kappa shape index (κ3) is 3.52. The van der Waals surface area contributed by atoms with Crippen molar-refractivity contribution in [3.63, 3.8) is 0 Å². The molecule has 100 valence electrons. The molecule has 7 heteroatoms. The van der Waals surface area contributed by atoms with E-state index >= 15 is 0 Å². The maximum Gasteiger partial charge on any atom is 0.273 e. The number of aromatic amines is 1.